The van der Waals surface area contributed by atoms with E-state index >= 15 is 0 Å². The molecule has 0 aliphatic carbocycles. The predicted molar refractivity (Wildman–Crippen MR) is 122 cm³/mol. The van der Waals surface area contributed by atoms with Crippen LogP contribution in [0.25, 0.3) is 10.9 Å². The number of para-hydroxylation sites is 1. The average molecular weight is 483 g/mol. The van der Waals surface area contributed by atoms with Crippen LogP contribution in [0.5, 0.6) is 0 Å². The molecule has 3 rings (SSSR count). The van der Waals surface area contributed by atoms with Crippen molar-refractivity contribution in [2.24, 2.45) is 4.99 Å². The van der Waals surface area contributed by atoms with Crippen LogP contribution in [0.15, 0.2) is 35.3 Å². The molecule has 5 nitrogen and oxygen atoms in total. The lowest BCUT2D eigenvalue weighted by Crippen LogP contribution is -2.38. The number of benzene rings is 1. The van der Waals surface area contributed by atoms with E-state index in [4.69, 9.17) is 0 Å². The van der Waals surface area contributed by atoms with E-state index in [0.717, 1.165) is 42.4 Å². The molecule has 0 bridgehead atoms. The minimum absolute atomic E-state index is 0. The van der Waals surface area contributed by atoms with E-state index in [1.165, 1.54) is 15.3 Å². The van der Waals surface area contributed by atoms with E-state index in [1.807, 2.05) is 6.07 Å². The lowest BCUT2D eigenvalue weighted by Gasteiger charge is -2.10. The lowest BCUT2D eigenvalue weighted by molar-refractivity contribution is 0.793. The molecule has 0 radical (unpaired) electrons. The molecule has 0 fully saturated rings. The van der Waals surface area contributed by atoms with Crippen LogP contribution in [0.2, 0.25) is 0 Å². The Morgan fingerprint density at radius 1 is 1.23 bits per heavy atom. The standard InChI is InChI=1S/C19H25N5S.HI/c1-4-20-19(21-10-9-18-23-13(2)14(3)25-18)22-12-16-11-15-7-5-6-8-17(15)24-16;/h5-8,11,24H,4,9-10,12H2,1-3H3,(H2,20,21,22);1H. The first kappa shape index (κ1) is 20.7. The van der Waals surface area contributed by atoms with Crippen molar-refractivity contribution in [2.75, 3.05) is 13.1 Å². The Morgan fingerprint density at radius 3 is 2.73 bits per heavy atom. The zero-order valence-electron chi connectivity index (χ0n) is 15.4. The SMILES string of the molecule is CCNC(=NCc1cc2ccccc2[nH]1)NCCc1nc(C)c(C)s1.I. The number of halogens is 1. The number of hydrogen-bond donors (Lipinski definition) is 3. The third-order valence-corrected chi connectivity index (χ3v) is 5.17. The maximum atomic E-state index is 4.68. The van der Waals surface area contributed by atoms with Crippen molar-refractivity contribution in [2.45, 2.75) is 33.7 Å². The third kappa shape index (κ3) is 5.44. The number of aryl methyl sites for hydroxylation is 2. The molecule has 0 amide bonds. The number of guanidine groups is 1. The van der Waals surface area contributed by atoms with E-state index < -0.39 is 0 Å². The van der Waals surface area contributed by atoms with Gasteiger partial charge >= 0.3 is 0 Å². The van der Waals surface area contributed by atoms with Crippen LogP contribution in [0, 0.1) is 13.8 Å². The van der Waals surface area contributed by atoms with Crippen molar-refractivity contribution < 1.29 is 0 Å². The van der Waals surface area contributed by atoms with Crippen LogP contribution in [-0.4, -0.2) is 29.0 Å². The number of rotatable bonds is 6. The molecule has 2 aromatic heterocycles. The van der Waals surface area contributed by atoms with Crippen LogP contribution in [-0.2, 0) is 13.0 Å². The highest BCUT2D eigenvalue weighted by molar-refractivity contribution is 14.0. The molecule has 0 saturated carbocycles. The number of nitrogens with zero attached hydrogens (tertiary/aromatic N) is 2. The summed E-state index contributed by atoms with van der Waals surface area (Å²) in [6.45, 7) is 8.55. The second-order valence-corrected chi connectivity index (χ2v) is 7.29. The molecular formula is C19H26IN5S. The lowest BCUT2D eigenvalue weighted by atomic mass is 10.2. The molecule has 140 valence electrons. The Kier molecular flexibility index (Phi) is 7.89. The minimum Gasteiger partial charge on any atom is -0.357 e. The van der Waals surface area contributed by atoms with E-state index in [9.17, 15) is 0 Å². The van der Waals surface area contributed by atoms with Crippen LogP contribution in [0.1, 0.15) is 28.2 Å². The van der Waals surface area contributed by atoms with Gasteiger partial charge in [-0.15, -0.1) is 35.3 Å². The topological polar surface area (TPSA) is 65.1 Å². The molecule has 0 aliphatic rings. The summed E-state index contributed by atoms with van der Waals surface area (Å²) >= 11 is 1.78. The second-order valence-electron chi connectivity index (χ2n) is 6.00. The van der Waals surface area contributed by atoms with Gasteiger partial charge in [-0.3, -0.25) is 0 Å². The third-order valence-electron chi connectivity index (χ3n) is 4.04. The van der Waals surface area contributed by atoms with Gasteiger partial charge in [0, 0.05) is 35.6 Å². The molecule has 0 saturated heterocycles. The van der Waals surface area contributed by atoms with E-state index in [1.54, 1.807) is 11.3 Å². The van der Waals surface area contributed by atoms with Gasteiger partial charge in [0.15, 0.2) is 5.96 Å². The number of thiazole rings is 1. The summed E-state index contributed by atoms with van der Waals surface area (Å²) in [6, 6.07) is 10.4. The van der Waals surface area contributed by atoms with Gasteiger partial charge in [0.2, 0.25) is 0 Å². The average Bonchev–Trinajstić information content (AvgIpc) is 3.15. The van der Waals surface area contributed by atoms with Crippen molar-refractivity contribution in [1.29, 1.82) is 0 Å². The monoisotopic (exact) mass is 483 g/mol. The van der Waals surface area contributed by atoms with Gasteiger partial charge in [0.05, 0.1) is 17.2 Å². The van der Waals surface area contributed by atoms with Gasteiger partial charge in [-0.25, -0.2) is 9.98 Å². The highest BCUT2D eigenvalue weighted by Gasteiger charge is 2.05. The van der Waals surface area contributed by atoms with Crippen molar-refractivity contribution in [3.8, 4) is 0 Å². The number of aromatic amines is 1. The summed E-state index contributed by atoms with van der Waals surface area (Å²) < 4.78 is 0. The smallest absolute Gasteiger partial charge is 0.191 e. The molecule has 0 aliphatic heterocycles. The highest BCUT2D eigenvalue weighted by atomic mass is 127. The molecule has 2 heterocycles. The summed E-state index contributed by atoms with van der Waals surface area (Å²) in [4.78, 5) is 14.0. The first-order valence-corrected chi connectivity index (χ1v) is 9.49. The first-order chi connectivity index (χ1) is 12.2. The fourth-order valence-electron chi connectivity index (χ4n) is 2.66. The molecule has 26 heavy (non-hydrogen) atoms. The Balaban J connectivity index is 0.00000243. The number of hydrogen-bond acceptors (Lipinski definition) is 3. The normalized spacial score (nSPS) is 11.4. The van der Waals surface area contributed by atoms with Crippen LogP contribution in [0.4, 0.5) is 0 Å². The van der Waals surface area contributed by atoms with E-state index in [0.29, 0.717) is 6.54 Å². The van der Waals surface area contributed by atoms with E-state index in [2.05, 4.69) is 70.6 Å². The summed E-state index contributed by atoms with van der Waals surface area (Å²) in [6.07, 6.45) is 0.913. The Bertz CT molecular complexity index is 815. The van der Waals surface area contributed by atoms with Gasteiger partial charge in [-0.2, -0.15) is 0 Å². The summed E-state index contributed by atoms with van der Waals surface area (Å²) in [5, 5.41) is 9.09. The second kappa shape index (κ2) is 9.91. The number of fused-ring (bicyclic) bond motifs is 1. The van der Waals surface area contributed by atoms with Gasteiger partial charge in [0.25, 0.3) is 0 Å². The summed E-state index contributed by atoms with van der Waals surface area (Å²) in [7, 11) is 0. The zero-order valence-corrected chi connectivity index (χ0v) is 18.6. The van der Waals surface area contributed by atoms with Gasteiger partial charge < -0.3 is 15.6 Å². The van der Waals surface area contributed by atoms with Crippen LogP contribution in [0.3, 0.4) is 0 Å². The minimum atomic E-state index is 0. The molecule has 7 heteroatoms. The predicted octanol–water partition coefficient (Wildman–Crippen LogP) is 4.16. The number of H-pyrrole nitrogens is 1. The van der Waals surface area contributed by atoms with Crippen LogP contribution >= 0.6 is 35.3 Å². The molecule has 0 atom stereocenters. The molecule has 0 unspecified atom stereocenters. The van der Waals surface area contributed by atoms with Crippen molar-refractivity contribution in [1.82, 2.24) is 20.6 Å². The van der Waals surface area contributed by atoms with Crippen molar-refractivity contribution in [3.05, 3.63) is 51.6 Å². The fraction of sp³-hybridized carbons (Fsp3) is 0.368. The largest absolute Gasteiger partial charge is 0.357 e. The quantitative estimate of drug-likeness (QED) is 0.280. The van der Waals surface area contributed by atoms with Crippen molar-refractivity contribution in [3.63, 3.8) is 0 Å². The molecule has 0 spiro atoms. The molecular weight excluding hydrogens is 457 g/mol. The Hall–Kier alpha value is -1.61. The maximum absolute atomic E-state index is 4.68. The summed E-state index contributed by atoms with van der Waals surface area (Å²) in [5.74, 6) is 0.839. The number of aliphatic imine (C=N–C) groups is 1. The van der Waals surface area contributed by atoms with Crippen molar-refractivity contribution >= 4 is 52.2 Å². The molecule has 1 aromatic carbocycles. The van der Waals surface area contributed by atoms with Gasteiger partial charge in [0.1, 0.15) is 0 Å². The zero-order chi connectivity index (χ0) is 17.6. The fourth-order valence-corrected chi connectivity index (χ4v) is 3.59. The maximum Gasteiger partial charge on any atom is 0.191 e. The van der Waals surface area contributed by atoms with Gasteiger partial charge in [-0.05, 0) is 38.3 Å². The van der Waals surface area contributed by atoms with Gasteiger partial charge in [-0.1, -0.05) is 18.2 Å². The number of aromatic nitrogens is 2. The first-order valence-electron chi connectivity index (χ1n) is 8.67. The number of nitrogens with one attached hydrogen (secondary N) is 3. The highest BCUT2D eigenvalue weighted by Crippen LogP contribution is 2.16. The molecule has 3 aromatic rings. The Morgan fingerprint density at radius 2 is 2.04 bits per heavy atom. The summed E-state index contributed by atoms with van der Waals surface area (Å²) in [5.41, 5.74) is 3.41. The molecule has 3 N–H and O–H groups in total. The van der Waals surface area contributed by atoms with Crippen LogP contribution < -0.4 is 10.6 Å². The Labute approximate surface area is 175 Å². The van der Waals surface area contributed by atoms with E-state index in [-0.39, 0.29) is 24.0 Å².